The summed E-state index contributed by atoms with van der Waals surface area (Å²) in [6.45, 7) is 10.8. The number of amides is 1. The van der Waals surface area contributed by atoms with Crippen LogP contribution in [0.15, 0.2) is 0 Å². The van der Waals surface area contributed by atoms with Crippen LogP contribution in [0.2, 0.25) is 0 Å². The first-order valence-corrected chi connectivity index (χ1v) is 7.71. The Bertz CT molecular complexity index is 304. The molecule has 0 aromatic heterocycles. The van der Waals surface area contributed by atoms with Crippen LogP contribution >= 0.6 is 0 Å². The van der Waals surface area contributed by atoms with Gasteiger partial charge in [-0.3, -0.25) is 4.79 Å². The fourth-order valence-electron chi connectivity index (χ4n) is 2.73. The molecule has 0 aromatic rings. The van der Waals surface area contributed by atoms with Gasteiger partial charge < -0.3 is 11.1 Å². The van der Waals surface area contributed by atoms with Gasteiger partial charge in [0, 0.05) is 12.1 Å². The SMILES string of the molecule is CC1CCCC(CCNC(=O)C(C)(C)C(C)(C)N)C1. The van der Waals surface area contributed by atoms with E-state index in [9.17, 15) is 4.79 Å². The second-order valence-electron chi connectivity index (χ2n) is 7.53. The molecule has 2 atom stereocenters. The van der Waals surface area contributed by atoms with Gasteiger partial charge in [-0.05, 0) is 52.4 Å². The number of carbonyl (C=O) groups excluding carboxylic acids is 1. The third kappa shape index (κ3) is 4.48. The van der Waals surface area contributed by atoms with Crippen molar-refractivity contribution >= 4 is 5.91 Å². The van der Waals surface area contributed by atoms with Gasteiger partial charge in [0.25, 0.3) is 0 Å². The number of carbonyl (C=O) groups is 1. The van der Waals surface area contributed by atoms with E-state index in [0.29, 0.717) is 0 Å². The zero-order valence-electron chi connectivity index (χ0n) is 13.4. The molecular weight excluding hydrogens is 236 g/mol. The Labute approximate surface area is 118 Å². The van der Waals surface area contributed by atoms with E-state index in [0.717, 1.165) is 24.8 Å². The van der Waals surface area contributed by atoms with Crippen molar-refractivity contribution in [1.29, 1.82) is 0 Å². The van der Waals surface area contributed by atoms with Crippen molar-refractivity contribution in [3.05, 3.63) is 0 Å². The Morgan fingerprint density at radius 3 is 2.42 bits per heavy atom. The number of nitrogens with two attached hydrogens (primary N) is 1. The molecule has 112 valence electrons. The van der Waals surface area contributed by atoms with Crippen LogP contribution in [0.4, 0.5) is 0 Å². The molecule has 1 aliphatic rings. The first-order valence-electron chi connectivity index (χ1n) is 7.71. The molecule has 1 amide bonds. The van der Waals surface area contributed by atoms with E-state index in [4.69, 9.17) is 5.73 Å². The molecule has 0 aliphatic heterocycles. The van der Waals surface area contributed by atoms with Crippen molar-refractivity contribution in [1.82, 2.24) is 5.32 Å². The van der Waals surface area contributed by atoms with Gasteiger partial charge in [0.15, 0.2) is 0 Å². The molecular formula is C16H32N2O. The summed E-state index contributed by atoms with van der Waals surface area (Å²) in [5.74, 6) is 1.72. The average molecular weight is 268 g/mol. The molecule has 1 fully saturated rings. The highest BCUT2D eigenvalue weighted by Gasteiger charge is 2.40. The zero-order chi connectivity index (χ0) is 14.7. The lowest BCUT2D eigenvalue weighted by atomic mass is 9.74. The van der Waals surface area contributed by atoms with Gasteiger partial charge in [-0.2, -0.15) is 0 Å². The van der Waals surface area contributed by atoms with Gasteiger partial charge in [-0.25, -0.2) is 0 Å². The van der Waals surface area contributed by atoms with E-state index < -0.39 is 11.0 Å². The Balaban J connectivity index is 2.35. The standard InChI is InChI=1S/C16H32N2O/c1-12-7-6-8-13(11-12)9-10-18-14(19)15(2,3)16(4,5)17/h12-13H,6-11,17H2,1-5H3,(H,18,19). The van der Waals surface area contributed by atoms with E-state index >= 15 is 0 Å². The number of hydrogen-bond donors (Lipinski definition) is 2. The fraction of sp³-hybridized carbons (Fsp3) is 0.938. The van der Waals surface area contributed by atoms with Crippen LogP contribution in [0, 0.1) is 17.3 Å². The van der Waals surface area contributed by atoms with E-state index in [1.165, 1.54) is 25.7 Å². The van der Waals surface area contributed by atoms with Crippen molar-refractivity contribution in [2.24, 2.45) is 23.0 Å². The Hall–Kier alpha value is -0.570. The maximum Gasteiger partial charge on any atom is 0.227 e. The zero-order valence-corrected chi connectivity index (χ0v) is 13.4. The van der Waals surface area contributed by atoms with Crippen LogP contribution in [-0.4, -0.2) is 18.0 Å². The smallest absolute Gasteiger partial charge is 0.227 e. The highest BCUT2D eigenvalue weighted by Crippen LogP contribution is 2.31. The summed E-state index contributed by atoms with van der Waals surface area (Å²) < 4.78 is 0. The van der Waals surface area contributed by atoms with Crippen LogP contribution in [0.25, 0.3) is 0 Å². The third-order valence-corrected chi connectivity index (χ3v) is 5.06. The van der Waals surface area contributed by atoms with Crippen molar-refractivity contribution in [3.63, 3.8) is 0 Å². The molecule has 3 nitrogen and oxygen atoms in total. The van der Waals surface area contributed by atoms with E-state index in [2.05, 4.69) is 12.2 Å². The van der Waals surface area contributed by atoms with Gasteiger partial charge in [0.05, 0.1) is 5.41 Å². The highest BCUT2D eigenvalue weighted by molar-refractivity contribution is 5.83. The molecule has 1 saturated carbocycles. The Morgan fingerprint density at radius 1 is 1.26 bits per heavy atom. The van der Waals surface area contributed by atoms with Crippen LogP contribution < -0.4 is 11.1 Å². The molecule has 2 unspecified atom stereocenters. The first kappa shape index (κ1) is 16.5. The largest absolute Gasteiger partial charge is 0.356 e. The minimum absolute atomic E-state index is 0.0730. The fourth-order valence-corrected chi connectivity index (χ4v) is 2.73. The van der Waals surface area contributed by atoms with Gasteiger partial charge >= 0.3 is 0 Å². The molecule has 0 heterocycles. The van der Waals surface area contributed by atoms with Gasteiger partial charge in [0.1, 0.15) is 0 Å². The van der Waals surface area contributed by atoms with Crippen molar-refractivity contribution in [2.45, 2.75) is 72.3 Å². The maximum absolute atomic E-state index is 12.2. The van der Waals surface area contributed by atoms with Crippen LogP contribution in [0.3, 0.4) is 0 Å². The quantitative estimate of drug-likeness (QED) is 0.805. The summed E-state index contributed by atoms with van der Waals surface area (Å²) in [4.78, 5) is 12.2. The summed E-state index contributed by atoms with van der Waals surface area (Å²) in [7, 11) is 0. The van der Waals surface area contributed by atoms with Gasteiger partial charge in [-0.15, -0.1) is 0 Å². The summed E-state index contributed by atoms with van der Waals surface area (Å²) in [6.07, 6.45) is 6.48. The number of nitrogens with one attached hydrogen (secondary N) is 1. The monoisotopic (exact) mass is 268 g/mol. The Kier molecular flexibility index (Phi) is 5.43. The molecule has 1 aliphatic carbocycles. The molecule has 0 bridgehead atoms. The normalized spacial score (nSPS) is 25.2. The predicted octanol–water partition coefficient (Wildman–Crippen LogP) is 3.08. The summed E-state index contributed by atoms with van der Waals surface area (Å²) >= 11 is 0. The van der Waals surface area contributed by atoms with Crippen molar-refractivity contribution < 1.29 is 4.79 Å². The molecule has 3 heteroatoms. The lowest BCUT2D eigenvalue weighted by Gasteiger charge is -2.37. The first-order chi connectivity index (χ1) is 8.64. The Morgan fingerprint density at radius 2 is 1.89 bits per heavy atom. The second-order valence-corrected chi connectivity index (χ2v) is 7.53. The minimum atomic E-state index is -0.535. The van der Waals surface area contributed by atoms with Gasteiger partial charge in [-0.1, -0.05) is 26.2 Å². The molecule has 0 radical (unpaired) electrons. The number of rotatable bonds is 5. The van der Waals surface area contributed by atoms with Crippen molar-refractivity contribution in [3.8, 4) is 0 Å². The molecule has 0 spiro atoms. The van der Waals surface area contributed by atoms with Crippen molar-refractivity contribution in [2.75, 3.05) is 6.54 Å². The molecule has 19 heavy (non-hydrogen) atoms. The van der Waals surface area contributed by atoms with Crippen LogP contribution in [-0.2, 0) is 4.79 Å². The second kappa shape index (κ2) is 6.25. The highest BCUT2D eigenvalue weighted by atomic mass is 16.2. The molecule has 0 saturated heterocycles. The lowest BCUT2D eigenvalue weighted by Crippen LogP contribution is -2.55. The summed E-state index contributed by atoms with van der Waals surface area (Å²) in [5, 5.41) is 3.07. The summed E-state index contributed by atoms with van der Waals surface area (Å²) in [5.41, 5.74) is 5.05. The van der Waals surface area contributed by atoms with Crippen LogP contribution in [0.5, 0.6) is 0 Å². The lowest BCUT2D eigenvalue weighted by molar-refractivity contribution is -0.132. The van der Waals surface area contributed by atoms with Gasteiger partial charge in [0.2, 0.25) is 5.91 Å². The maximum atomic E-state index is 12.2. The summed E-state index contributed by atoms with van der Waals surface area (Å²) in [6, 6.07) is 0. The average Bonchev–Trinajstić information content (AvgIpc) is 2.27. The molecule has 3 N–H and O–H groups in total. The minimum Gasteiger partial charge on any atom is -0.356 e. The molecule has 0 aromatic carbocycles. The topological polar surface area (TPSA) is 55.1 Å². The van der Waals surface area contributed by atoms with E-state index in [1.807, 2.05) is 27.7 Å². The van der Waals surface area contributed by atoms with E-state index in [-0.39, 0.29) is 5.91 Å². The molecule has 1 rings (SSSR count). The third-order valence-electron chi connectivity index (χ3n) is 5.06. The number of hydrogen-bond acceptors (Lipinski definition) is 2. The van der Waals surface area contributed by atoms with E-state index in [1.54, 1.807) is 0 Å². The van der Waals surface area contributed by atoms with Crippen LogP contribution in [0.1, 0.15) is 66.7 Å². The predicted molar refractivity (Wildman–Crippen MR) is 80.8 cm³/mol.